The maximum atomic E-state index is 14.5. The second-order valence-corrected chi connectivity index (χ2v) is 9.28. The van der Waals surface area contributed by atoms with Gasteiger partial charge in [-0.2, -0.15) is 0 Å². The van der Waals surface area contributed by atoms with Crippen molar-refractivity contribution >= 4 is 22.7 Å². The Morgan fingerprint density at radius 3 is 2.43 bits per heavy atom. The number of aromatic nitrogens is 5. The molecule has 5 aromatic rings. The highest BCUT2D eigenvalue weighted by Crippen LogP contribution is 2.41. The Labute approximate surface area is 203 Å². The first-order chi connectivity index (χ1) is 17.1. The Balaban J connectivity index is 1.42. The van der Waals surface area contributed by atoms with Gasteiger partial charge in [0, 0.05) is 6.04 Å². The summed E-state index contributed by atoms with van der Waals surface area (Å²) in [6, 6.07) is 19.6. The number of hydrogen-bond donors (Lipinski definition) is 0. The average molecular weight is 488 g/mol. The summed E-state index contributed by atoms with van der Waals surface area (Å²) >= 11 is 1.39. The Kier molecular flexibility index (Phi) is 5.41. The molecule has 0 saturated heterocycles. The third-order valence-electron chi connectivity index (χ3n) is 5.95. The van der Waals surface area contributed by atoms with Crippen LogP contribution in [0, 0.1) is 11.6 Å². The van der Waals surface area contributed by atoms with Crippen molar-refractivity contribution in [3.63, 3.8) is 0 Å². The van der Waals surface area contributed by atoms with Crippen molar-refractivity contribution in [2.24, 2.45) is 0 Å². The van der Waals surface area contributed by atoms with E-state index < -0.39 is 0 Å². The minimum atomic E-state index is -0.385. The third-order valence-corrected chi connectivity index (χ3v) is 6.89. The molecular weight excluding hydrogens is 468 g/mol. The normalized spacial score (nSPS) is 13.4. The highest BCUT2D eigenvalue weighted by Gasteiger charge is 2.31. The topological polar surface area (TPSA) is 65.6 Å². The lowest BCUT2D eigenvalue weighted by atomic mass is 10.2. The molecule has 9 heteroatoms. The van der Waals surface area contributed by atoms with Crippen LogP contribution in [0.5, 0.6) is 0 Å². The molecule has 2 aromatic heterocycles. The van der Waals surface area contributed by atoms with Crippen LogP contribution in [-0.4, -0.2) is 24.3 Å². The lowest BCUT2D eigenvalue weighted by Gasteiger charge is -2.14. The lowest BCUT2D eigenvalue weighted by molar-refractivity contribution is 0.622. The number of halogens is 2. The van der Waals surface area contributed by atoms with E-state index in [0.717, 1.165) is 12.8 Å². The molecule has 0 N–H and O–H groups in total. The van der Waals surface area contributed by atoms with Crippen LogP contribution in [-0.2, 0) is 5.75 Å². The molecule has 0 unspecified atom stereocenters. The van der Waals surface area contributed by atoms with Gasteiger partial charge in [0.05, 0.1) is 27.9 Å². The Bertz CT molecular complexity index is 1610. The van der Waals surface area contributed by atoms with Gasteiger partial charge in [-0.15, -0.1) is 10.2 Å². The predicted octanol–water partition coefficient (Wildman–Crippen LogP) is 5.55. The van der Waals surface area contributed by atoms with E-state index in [1.807, 2.05) is 10.6 Å². The Hall–Kier alpha value is -3.85. The van der Waals surface area contributed by atoms with Crippen LogP contribution >= 0.6 is 11.8 Å². The lowest BCUT2D eigenvalue weighted by Crippen LogP contribution is -2.23. The summed E-state index contributed by atoms with van der Waals surface area (Å²) < 4.78 is 31.6. The number of nitrogens with zero attached hydrogens (tertiary/aromatic N) is 5. The maximum Gasteiger partial charge on any atom is 0.265 e. The van der Waals surface area contributed by atoms with Gasteiger partial charge in [0.1, 0.15) is 17.5 Å². The van der Waals surface area contributed by atoms with Crippen LogP contribution in [0.15, 0.2) is 82.7 Å². The first-order valence-corrected chi connectivity index (χ1v) is 12.2. The summed E-state index contributed by atoms with van der Waals surface area (Å²) in [5.41, 5.74) is 1.29. The van der Waals surface area contributed by atoms with Crippen molar-refractivity contribution in [2.75, 3.05) is 0 Å². The zero-order chi connectivity index (χ0) is 23.9. The number of benzene rings is 3. The molecule has 0 amide bonds. The van der Waals surface area contributed by atoms with Crippen molar-refractivity contribution in [1.82, 2.24) is 24.3 Å². The van der Waals surface area contributed by atoms with E-state index in [0.29, 0.717) is 44.7 Å². The highest BCUT2D eigenvalue weighted by molar-refractivity contribution is 7.98. The molecule has 0 spiro atoms. The quantitative estimate of drug-likeness (QED) is 0.294. The summed E-state index contributed by atoms with van der Waals surface area (Å²) in [5, 5.41) is 9.77. The van der Waals surface area contributed by atoms with Crippen molar-refractivity contribution < 1.29 is 8.78 Å². The fraction of sp³-hybridized carbons (Fsp3) is 0.154. The first kappa shape index (κ1) is 21.7. The molecular formula is C26H19F2N5OS. The standard InChI is InChI=1S/C26H19F2N5OS/c27-16-9-11-17(12-10-16)32-23(29-22-8-4-2-6-20(22)25(32)34)15-35-26-31-30-24(33(26)18-13-14-18)19-5-1-3-7-21(19)28/h1-12,18H,13-15H2. The summed E-state index contributed by atoms with van der Waals surface area (Å²) in [4.78, 5) is 18.2. The minimum absolute atomic E-state index is 0.214. The molecule has 0 bridgehead atoms. The molecule has 0 atom stereocenters. The smallest absolute Gasteiger partial charge is 0.265 e. The van der Waals surface area contributed by atoms with E-state index in [4.69, 9.17) is 4.98 Å². The monoisotopic (exact) mass is 487 g/mol. The maximum absolute atomic E-state index is 14.5. The van der Waals surface area contributed by atoms with Crippen molar-refractivity contribution in [3.8, 4) is 17.1 Å². The SMILES string of the molecule is O=c1c2ccccc2nc(CSc2nnc(-c3ccccc3F)n2C2CC2)n1-c1ccc(F)cc1. The van der Waals surface area contributed by atoms with Gasteiger partial charge in [0.25, 0.3) is 5.56 Å². The molecule has 0 aliphatic heterocycles. The second-order valence-electron chi connectivity index (χ2n) is 8.34. The van der Waals surface area contributed by atoms with Gasteiger partial charge in [-0.05, 0) is 61.4 Å². The number of fused-ring (bicyclic) bond motifs is 1. The Morgan fingerprint density at radius 1 is 0.914 bits per heavy atom. The van der Waals surface area contributed by atoms with Gasteiger partial charge in [-0.1, -0.05) is 36.0 Å². The molecule has 1 aliphatic rings. The van der Waals surface area contributed by atoms with Crippen molar-refractivity contribution in [2.45, 2.75) is 29.8 Å². The van der Waals surface area contributed by atoms with Gasteiger partial charge in [-0.3, -0.25) is 13.9 Å². The molecule has 0 radical (unpaired) electrons. The van der Waals surface area contributed by atoms with Crippen molar-refractivity contribution in [1.29, 1.82) is 0 Å². The van der Waals surface area contributed by atoms with E-state index in [1.54, 1.807) is 48.5 Å². The van der Waals surface area contributed by atoms with Gasteiger partial charge in [0.2, 0.25) is 0 Å². The van der Waals surface area contributed by atoms with Gasteiger partial charge >= 0.3 is 0 Å². The number of rotatable bonds is 6. The highest BCUT2D eigenvalue weighted by atomic mass is 32.2. The number of thioether (sulfide) groups is 1. The zero-order valence-corrected chi connectivity index (χ0v) is 19.3. The summed E-state index contributed by atoms with van der Waals surface area (Å²) in [6.45, 7) is 0. The largest absolute Gasteiger partial charge is 0.299 e. The van der Waals surface area contributed by atoms with Crippen LogP contribution in [0.4, 0.5) is 8.78 Å². The molecule has 174 valence electrons. The molecule has 6 nitrogen and oxygen atoms in total. The first-order valence-electron chi connectivity index (χ1n) is 11.2. The summed E-state index contributed by atoms with van der Waals surface area (Å²) in [6.07, 6.45) is 1.95. The van der Waals surface area contributed by atoms with Crippen LogP contribution in [0.1, 0.15) is 24.7 Å². The summed E-state index contributed by atoms with van der Waals surface area (Å²) in [7, 11) is 0. The number of hydrogen-bond acceptors (Lipinski definition) is 5. The zero-order valence-electron chi connectivity index (χ0n) is 18.4. The molecule has 2 heterocycles. The van der Waals surface area contributed by atoms with E-state index in [9.17, 15) is 13.6 Å². The molecule has 35 heavy (non-hydrogen) atoms. The summed E-state index contributed by atoms with van der Waals surface area (Å²) in [5.74, 6) is 0.586. The van der Waals surface area contributed by atoms with E-state index in [1.165, 1.54) is 34.5 Å². The van der Waals surface area contributed by atoms with E-state index >= 15 is 0 Å². The molecule has 1 saturated carbocycles. The van der Waals surface area contributed by atoms with Gasteiger partial charge in [0.15, 0.2) is 11.0 Å². The molecule has 1 fully saturated rings. The van der Waals surface area contributed by atoms with Crippen LogP contribution in [0.2, 0.25) is 0 Å². The van der Waals surface area contributed by atoms with Crippen LogP contribution in [0.3, 0.4) is 0 Å². The fourth-order valence-corrected chi connectivity index (χ4v) is 5.05. The fourth-order valence-electron chi connectivity index (χ4n) is 4.12. The van der Waals surface area contributed by atoms with Crippen molar-refractivity contribution in [3.05, 3.63) is 101 Å². The molecule has 1 aliphatic carbocycles. The molecule has 3 aromatic carbocycles. The molecule has 6 rings (SSSR count). The average Bonchev–Trinajstić information content (AvgIpc) is 3.63. The number of para-hydroxylation sites is 1. The minimum Gasteiger partial charge on any atom is -0.299 e. The predicted molar refractivity (Wildman–Crippen MR) is 131 cm³/mol. The van der Waals surface area contributed by atoms with Gasteiger partial charge < -0.3 is 0 Å². The van der Waals surface area contributed by atoms with Crippen LogP contribution < -0.4 is 5.56 Å². The van der Waals surface area contributed by atoms with Crippen LogP contribution in [0.25, 0.3) is 28.0 Å². The second kappa shape index (κ2) is 8.74. The Morgan fingerprint density at radius 2 is 1.66 bits per heavy atom. The van der Waals surface area contributed by atoms with E-state index in [-0.39, 0.29) is 23.2 Å². The third kappa shape index (κ3) is 4.01. The van der Waals surface area contributed by atoms with Gasteiger partial charge in [-0.25, -0.2) is 13.8 Å². The van der Waals surface area contributed by atoms with E-state index in [2.05, 4.69) is 10.2 Å².